The monoisotopic (exact) mass is 440 g/mol. The number of halogens is 10. The third kappa shape index (κ3) is 3.18. The molecule has 0 atom stereocenters. The summed E-state index contributed by atoms with van der Waals surface area (Å²) >= 11 is 22.8. The lowest BCUT2D eigenvalue weighted by Crippen LogP contribution is -2.53. The first-order valence-electron chi connectivity index (χ1n) is 6.38. The SMILES string of the molecule is FC(F)(F)C(F)(F)C(F)(c1cccc(Cl)c1Cl)c1cccc(Cl)c1Cl. The van der Waals surface area contributed by atoms with Gasteiger partial charge in [-0.15, -0.1) is 0 Å². The molecule has 0 heterocycles. The van der Waals surface area contributed by atoms with Gasteiger partial charge in [-0.3, -0.25) is 0 Å². The molecule has 0 aliphatic carbocycles. The van der Waals surface area contributed by atoms with Crippen LogP contribution in [0.25, 0.3) is 0 Å². The second-order valence-electron chi connectivity index (χ2n) is 4.93. The van der Waals surface area contributed by atoms with E-state index in [1.54, 1.807) is 0 Å². The molecule has 2 rings (SSSR count). The molecule has 25 heavy (non-hydrogen) atoms. The van der Waals surface area contributed by atoms with E-state index in [0.29, 0.717) is 12.1 Å². The Labute approximate surface area is 158 Å². The van der Waals surface area contributed by atoms with E-state index in [-0.39, 0.29) is 0 Å². The Bertz CT molecular complexity index is 752. The molecular formula is C15H6Cl4F6. The molecule has 0 N–H and O–H groups in total. The lowest BCUT2D eigenvalue weighted by molar-refractivity contribution is -0.323. The maximum Gasteiger partial charge on any atom is 0.457 e. The fourth-order valence-corrected chi connectivity index (χ4v) is 3.08. The molecule has 0 aromatic heterocycles. The Hall–Kier alpha value is -0.820. The second-order valence-corrected chi connectivity index (χ2v) is 6.50. The van der Waals surface area contributed by atoms with Gasteiger partial charge in [-0.05, 0) is 12.1 Å². The van der Waals surface area contributed by atoms with Gasteiger partial charge in [0.2, 0.25) is 5.67 Å². The van der Waals surface area contributed by atoms with Gasteiger partial charge in [-0.2, -0.15) is 22.0 Å². The fourth-order valence-electron chi connectivity index (χ4n) is 2.22. The molecule has 0 fully saturated rings. The highest BCUT2D eigenvalue weighted by atomic mass is 35.5. The van der Waals surface area contributed by atoms with E-state index < -0.39 is 49.0 Å². The molecule has 2 aromatic rings. The van der Waals surface area contributed by atoms with Crippen molar-refractivity contribution in [1.29, 1.82) is 0 Å². The third-order valence-electron chi connectivity index (χ3n) is 3.43. The van der Waals surface area contributed by atoms with E-state index in [4.69, 9.17) is 46.4 Å². The van der Waals surface area contributed by atoms with Crippen LogP contribution in [0, 0.1) is 0 Å². The van der Waals surface area contributed by atoms with E-state index in [9.17, 15) is 22.0 Å². The van der Waals surface area contributed by atoms with Crippen LogP contribution in [-0.4, -0.2) is 12.1 Å². The van der Waals surface area contributed by atoms with Gasteiger partial charge in [0.1, 0.15) is 0 Å². The Morgan fingerprint density at radius 2 is 0.960 bits per heavy atom. The lowest BCUT2D eigenvalue weighted by atomic mass is 9.82. The molecular weight excluding hydrogens is 436 g/mol. The molecule has 0 saturated carbocycles. The van der Waals surface area contributed by atoms with Crippen molar-refractivity contribution in [2.24, 2.45) is 0 Å². The van der Waals surface area contributed by atoms with Gasteiger partial charge in [0, 0.05) is 11.1 Å². The number of hydrogen-bond donors (Lipinski definition) is 0. The van der Waals surface area contributed by atoms with Crippen LogP contribution in [0.15, 0.2) is 36.4 Å². The molecule has 0 spiro atoms. The Balaban J connectivity index is 2.96. The maximum absolute atomic E-state index is 15.7. The first-order valence-corrected chi connectivity index (χ1v) is 7.89. The van der Waals surface area contributed by atoms with Crippen molar-refractivity contribution in [3.8, 4) is 0 Å². The molecule has 2 aromatic carbocycles. The molecule has 10 heteroatoms. The van der Waals surface area contributed by atoms with Gasteiger partial charge in [0.15, 0.2) is 0 Å². The summed E-state index contributed by atoms with van der Waals surface area (Å²) in [6.45, 7) is 0. The van der Waals surface area contributed by atoms with E-state index in [1.807, 2.05) is 0 Å². The van der Waals surface area contributed by atoms with Crippen molar-refractivity contribution in [2.75, 3.05) is 0 Å². The van der Waals surface area contributed by atoms with Crippen LogP contribution >= 0.6 is 46.4 Å². The van der Waals surface area contributed by atoms with Gasteiger partial charge in [0.25, 0.3) is 0 Å². The Kier molecular flexibility index (Phi) is 5.51. The topological polar surface area (TPSA) is 0 Å². The van der Waals surface area contributed by atoms with Crippen molar-refractivity contribution in [3.05, 3.63) is 67.6 Å². The predicted molar refractivity (Wildman–Crippen MR) is 85.8 cm³/mol. The van der Waals surface area contributed by atoms with Crippen LogP contribution in [0.2, 0.25) is 20.1 Å². The number of benzene rings is 2. The average molecular weight is 442 g/mol. The minimum absolute atomic E-state index is 0.405. The van der Waals surface area contributed by atoms with Gasteiger partial charge in [-0.25, -0.2) is 4.39 Å². The van der Waals surface area contributed by atoms with Crippen LogP contribution in [0.1, 0.15) is 11.1 Å². The quantitative estimate of drug-likeness (QED) is 0.428. The minimum atomic E-state index is -6.25. The van der Waals surface area contributed by atoms with E-state index >= 15 is 4.39 Å². The average Bonchev–Trinajstić information content (AvgIpc) is 2.50. The zero-order valence-corrected chi connectivity index (χ0v) is 14.8. The summed E-state index contributed by atoms with van der Waals surface area (Å²) in [5.74, 6) is -5.89. The van der Waals surface area contributed by atoms with Crippen molar-refractivity contribution in [3.63, 3.8) is 0 Å². The van der Waals surface area contributed by atoms with Crippen LogP contribution in [0.3, 0.4) is 0 Å². The first-order chi connectivity index (χ1) is 11.4. The Morgan fingerprint density at radius 1 is 0.600 bits per heavy atom. The fraction of sp³-hybridized carbons (Fsp3) is 0.200. The van der Waals surface area contributed by atoms with E-state index in [0.717, 1.165) is 24.3 Å². The standard InChI is InChI=1S/C15H6Cl4F6/c16-9-5-1-3-7(11(9)18)13(20,14(21,22)15(23,24)25)8-4-2-6-10(17)12(8)19/h1-6H. The van der Waals surface area contributed by atoms with Crippen molar-refractivity contribution in [2.45, 2.75) is 17.8 Å². The number of alkyl halides is 6. The summed E-state index contributed by atoms with van der Waals surface area (Å²) < 4.78 is 83.3. The molecule has 136 valence electrons. The highest BCUT2D eigenvalue weighted by Crippen LogP contribution is 2.57. The Morgan fingerprint density at radius 3 is 1.28 bits per heavy atom. The zero-order chi connectivity index (χ0) is 19.2. The molecule has 0 unspecified atom stereocenters. The predicted octanol–water partition coefficient (Wildman–Crippen LogP) is 7.71. The van der Waals surface area contributed by atoms with Gasteiger partial charge in [-0.1, -0.05) is 70.7 Å². The third-order valence-corrected chi connectivity index (χ3v) is 5.07. The van der Waals surface area contributed by atoms with Crippen LogP contribution in [-0.2, 0) is 5.67 Å². The van der Waals surface area contributed by atoms with E-state index in [1.165, 1.54) is 0 Å². The summed E-state index contributed by atoms with van der Waals surface area (Å²) in [7, 11) is 0. The molecule has 0 bridgehead atoms. The van der Waals surface area contributed by atoms with Crippen molar-refractivity contribution in [1.82, 2.24) is 0 Å². The highest BCUT2D eigenvalue weighted by Gasteiger charge is 2.73. The minimum Gasteiger partial charge on any atom is -0.226 e. The highest BCUT2D eigenvalue weighted by molar-refractivity contribution is 6.43. The summed E-state index contributed by atoms with van der Waals surface area (Å²) in [6, 6.07) is 5.54. The van der Waals surface area contributed by atoms with Gasteiger partial charge in [0.05, 0.1) is 20.1 Å². The van der Waals surface area contributed by atoms with Crippen LogP contribution < -0.4 is 0 Å². The number of rotatable bonds is 3. The summed E-state index contributed by atoms with van der Waals surface area (Å²) in [5, 5.41) is -2.41. The van der Waals surface area contributed by atoms with Crippen molar-refractivity contribution >= 4 is 46.4 Å². The zero-order valence-electron chi connectivity index (χ0n) is 11.7. The second kappa shape index (κ2) is 6.72. The first kappa shape index (κ1) is 20.5. The lowest BCUT2D eigenvalue weighted by Gasteiger charge is -2.36. The molecule has 0 amide bonds. The van der Waals surface area contributed by atoms with Crippen LogP contribution in [0.5, 0.6) is 0 Å². The molecule has 0 saturated heterocycles. The summed E-state index contributed by atoms with van der Waals surface area (Å²) in [6.07, 6.45) is -6.25. The number of hydrogen-bond acceptors (Lipinski definition) is 0. The normalized spacial score (nSPS) is 13.2. The van der Waals surface area contributed by atoms with Gasteiger partial charge < -0.3 is 0 Å². The van der Waals surface area contributed by atoms with Gasteiger partial charge >= 0.3 is 12.1 Å². The molecule has 0 nitrogen and oxygen atoms in total. The molecule has 0 radical (unpaired) electrons. The molecule has 0 aliphatic heterocycles. The maximum atomic E-state index is 15.7. The largest absolute Gasteiger partial charge is 0.457 e. The van der Waals surface area contributed by atoms with Crippen molar-refractivity contribution < 1.29 is 26.3 Å². The summed E-state index contributed by atoms with van der Waals surface area (Å²) in [4.78, 5) is 0. The van der Waals surface area contributed by atoms with Crippen LogP contribution in [0.4, 0.5) is 26.3 Å². The summed E-state index contributed by atoms with van der Waals surface area (Å²) in [5.41, 5.74) is -6.84. The van der Waals surface area contributed by atoms with E-state index in [2.05, 4.69) is 0 Å². The smallest absolute Gasteiger partial charge is 0.226 e. The molecule has 0 aliphatic rings.